The quantitative estimate of drug-likeness (QED) is 0.826. The summed E-state index contributed by atoms with van der Waals surface area (Å²) in [5.41, 5.74) is 0. The first-order valence-electron chi connectivity index (χ1n) is 8.40. The fourth-order valence-corrected chi connectivity index (χ4v) is 4.35. The van der Waals surface area contributed by atoms with Gasteiger partial charge in [-0.05, 0) is 44.7 Å². The van der Waals surface area contributed by atoms with Crippen LogP contribution in [0.2, 0.25) is 0 Å². The van der Waals surface area contributed by atoms with Crippen molar-refractivity contribution >= 4 is 10.0 Å². The summed E-state index contributed by atoms with van der Waals surface area (Å²) in [5, 5.41) is 0. The van der Waals surface area contributed by atoms with E-state index in [1.165, 1.54) is 6.42 Å². The second kappa shape index (κ2) is 8.02. The van der Waals surface area contributed by atoms with Gasteiger partial charge in [-0.2, -0.15) is 0 Å². The third-order valence-electron chi connectivity index (χ3n) is 4.24. The number of hydrogen-bond acceptors (Lipinski definition) is 4. The van der Waals surface area contributed by atoms with Gasteiger partial charge in [-0.3, -0.25) is 0 Å². The molecule has 23 heavy (non-hydrogen) atoms. The van der Waals surface area contributed by atoms with E-state index >= 15 is 0 Å². The predicted octanol–water partition coefficient (Wildman–Crippen LogP) is 3.34. The van der Waals surface area contributed by atoms with Gasteiger partial charge in [-0.1, -0.05) is 19.8 Å². The van der Waals surface area contributed by atoms with Gasteiger partial charge in [0.2, 0.25) is 10.0 Å². The van der Waals surface area contributed by atoms with Gasteiger partial charge in [0, 0.05) is 12.1 Å². The number of benzene rings is 1. The Balaban J connectivity index is 2.22. The minimum Gasteiger partial charge on any atom is -0.490 e. The number of sulfonamides is 1. The van der Waals surface area contributed by atoms with Crippen LogP contribution >= 0.6 is 0 Å². The van der Waals surface area contributed by atoms with Gasteiger partial charge in [0.25, 0.3) is 0 Å². The highest BCUT2D eigenvalue weighted by Crippen LogP contribution is 2.31. The molecule has 0 aromatic heterocycles. The lowest BCUT2D eigenvalue weighted by molar-refractivity contribution is 0.287. The van der Waals surface area contributed by atoms with Gasteiger partial charge in [-0.25, -0.2) is 13.1 Å². The average Bonchev–Trinajstić information content (AvgIpc) is 2.51. The zero-order valence-corrected chi connectivity index (χ0v) is 15.0. The molecule has 1 N–H and O–H groups in total. The Morgan fingerprint density at radius 2 is 1.74 bits per heavy atom. The van der Waals surface area contributed by atoms with Gasteiger partial charge in [0.15, 0.2) is 11.5 Å². The molecule has 0 spiro atoms. The molecular formula is C17H27NO4S. The van der Waals surface area contributed by atoms with E-state index < -0.39 is 10.0 Å². The lowest BCUT2D eigenvalue weighted by Gasteiger charge is -2.29. The average molecular weight is 341 g/mol. The maximum Gasteiger partial charge on any atom is 0.240 e. The van der Waals surface area contributed by atoms with E-state index in [9.17, 15) is 8.42 Å². The molecule has 1 saturated carbocycles. The minimum absolute atomic E-state index is 0.0101. The normalized spacial score (nSPS) is 21.9. The van der Waals surface area contributed by atoms with Crippen molar-refractivity contribution in [2.24, 2.45) is 5.92 Å². The molecule has 0 amide bonds. The molecule has 0 heterocycles. The van der Waals surface area contributed by atoms with Crippen LogP contribution in [-0.2, 0) is 10.0 Å². The van der Waals surface area contributed by atoms with Gasteiger partial charge < -0.3 is 9.47 Å². The molecule has 1 aliphatic rings. The molecule has 1 aliphatic carbocycles. The van der Waals surface area contributed by atoms with E-state index in [0.29, 0.717) is 30.6 Å². The molecular weight excluding hydrogens is 314 g/mol. The molecule has 0 aliphatic heterocycles. The number of rotatable bonds is 7. The van der Waals surface area contributed by atoms with Crippen LogP contribution in [0.4, 0.5) is 0 Å². The van der Waals surface area contributed by atoms with Crippen molar-refractivity contribution in [2.75, 3.05) is 13.2 Å². The molecule has 5 nitrogen and oxygen atoms in total. The van der Waals surface area contributed by atoms with E-state index in [2.05, 4.69) is 11.6 Å². The minimum atomic E-state index is -3.55. The highest BCUT2D eigenvalue weighted by molar-refractivity contribution is 7.89. The second-order valence-electron chi connectivity index (χ2n) is 5.96. The number of ether oxygens (including phenoxy) is 2. The van der Waals surface area contributed by atoms with E-state index in [-0.39, 0.29) is 10.9 Å². The van der Waals surface area contributed by atoms with E-state index in [1.54, 1.807) is 18.2 Å². The Labute approximate surface area is 139 Å². The van der Waals surface area contributed by atoms with Crippen molar-refractivity contribution < 1.29 is 17.9 Å². The molecule has 6 heteroatoms. The largest absolute Gasteiger partial charge is 0.490 e. The summed E-state index contributed by atoms with van der Waals surface area (Å²) in [7, 11) is -3.55. The van der Waals surface area contributed by atoms with Gasteiger partial charge in [-0.15, -0.1) is 0 Å². The maximum atomic E-state index is 12.7. The smallest absolute Gasteiger partial charge is 0.240 e. The van der Waals surface area contributed by atoms with E-state index in [4.69, 9.17) is 9.47 Å². The molecule has 1 aromatic carbocycles. The van der Waals surface area contributed by atoms with Crippen molar-refractivity contribution in [2.45, 2.75) is 57.4 Å². The van der Waals surface area contributed by atoms with Crippen molar-refractivity contribution in [3.63, 3.8) is 0 Å². The summed E-state index contributed by atoms with van der Waals surface area (Å²) in [6.45, 7) is 6.81. The molecule has 2 rings (SSSR count). The topological polar surface area (TPSA) is 64.6 Å². The fourth-order valence-electron chi connectivity index (χ4n) is 2.96. The Morgan fingerprint density at radius 3 is 2.39 bits per heavy atom. The summed E-state index contributed by atoms with van der Waals surface area (Å²) in [6, 6.07) is 4.79. The molecule has 0 radical (unpaired) electrons. The first-order chi connectivity index (χ1) is 11.0. The van der Waals surface area contributed by atoms with E-state index in [1.807, 2.05) is 13.8 Å². The van der Waals surface area contributed by atoms with Crippen LogP contribution in [0.1, 0.15) is 46.5 Å². The Hall–Kier alpha value is -1.27. The molecule has 2 atom stereocenters. The van der Waals surface area contributed by atoms with Crippen molar-refractivity contribution in [3.8, 4) is 11.5 Å². The Kier molecular flexibility index (Phi) is 6.30. The van der Waals surface area contributed by atoms with Crippen molar-refractivity contribution in [1.82, 2.24) is 4.72 Å². The van der Waals surface area contributed by atoms with Crippen molar-refractivity contribution in [1.29, 1.82) is 0 Å². The van der Waals surface area contributed by atoms with Gasteiger partial charge in [0.1, 0.15) is 0 Å². The van der Waals surface area contributed by atoms with Crippen LogP contribution < -0.4 is 14.2 Å². The Morgan fingerprint density at radius 1 is 1.09 bits per heavy atom. The summed E-state index contributed by atoms with van der Waals surface area (Å²) in [4.78, 5) is 0.224. The van der Waals surface area contributed by atoms with Crippen LogP contribution in [0.5, 0.6) is 11.5 Å². The zero-order valence-electron chi connectivity index (χ0n) is 14.2. The SMILES string of the molecule is CCOc1ccc(S(=O)(=O)N[C@@H]2CCCC[C@@H]2C)cc1OCC. The summed E-state index contributed by atoms with van der Waals surface area (Å²) < 4.78 is 39.2. The third-order valence-corrected chi connectivity index (χ3v) is 5.73. The van der Waals surface area contributed by atoms with Crippen LogP contribution in [-0.4, -0.2) is 27.7 Å². The molecule has 0 bridgehead atoms. The first kappa shape index (κ1) is 18.1. The molecule has 0 unspecified atom stereocenters. The van der Waals surface area contributed by atoms with Crippen LogP contribution in [0.25, 0.3) is 0 Å². The lowest BCUT2D eigenvalue weighted by Crippen LogP contribution is -2.40. The van der Waals surface area contributed by atoms with Crippen molar-refractivity contribution in [3.05, 3.63) is 18.2 Å². The summed E-state index contributed by atoms with van der Waals surface area (Å²) >= 11 is 0. The first-order valence-corrected chi connectivity index (χ1v) is 9.88. The fraction of sp³-hybridized carbons (Fsp3) is 0.647. The standard InChI is InChI=1S/C17H27NO4S/c1-4-21-16-11-10-14(12-17(16)22-5-2)23(19,20)18-15-9-7-6-8-13(15)3/h10-13,15,18H,4-9H2,1-3H3/t13-,15+/m0/s1. The number of nitrogens with one attached hydrogen (secondary N) is 1. The molecule has 1 fully saturated rings. The summed E-state index contributed by atoms with van der Waals surface area (Å²) in [6.07, 6.45) is 4.22. The molecule has 1 aromatic rings. The zero-order chi connectivity index (χ0) is 16.9. The lowest BCUT2D eigenvalue weighted by atomic mass is 9.87. The molecule has 130 valence electrons. The summed E-state index contributed by atoms with van der Waals surface area (Å²) in [5.74, 6) is 1.40. The highest BCUT2D eigenvalue weighted by Gasteiger charge is 2.27. The Bertz CT molecular complexity index is 615. The van der Waals surface area contributed by atoms with Gasteiger partial charge in [0.05, 0.1) is 18.1 Å². The number of hydrogen-bond donors (Lipinski definition) is 1. The molecule has 0 saturated heterocycles. The van der Waals surface area contributed by atoms with Gasteiger partial charge >= 0.3 is 0 Å². The van der Waals surface area contributed by atoms with Crippen LogP contribution in [0.15, 0.2) is 23.1 Å². The van der Waals surface area contributed by atoms with E-state index in [0.717, 1.165) is 19.3 Å². The van der Waals surface area contributed by atoms with Crippen LogP contribution in [0, 0.1) is 5.92 Å². The van der Waals surface area contributed by atoms with Crippen LogP contribution in [0.3, 0.4) is 0 Å². The monoisotopic (exact) mass is 341 g/mol. The highest BCUT2D eigenvalue weighted by atomic mass is 32.2. The second-order valence-corrected chi connectivity index (χ2v) is 7.68. The third kappa shape index (κ3) is 4.61. The maximum absolute atomic E-state index is 12.7. The predicted molar refractivity (Wildman–Crippen MR) is 90.5 cm³/mol.